The Bertz CT molecular complexity index is 2720. The highest BCUT2D eigenvalue weighted by Gasteiger charge is 2.45. The molecule has 0 atom stereocenters. The number of allylic oxidation sites excluding steroid dienone is 1. The van der Waals surface area contributed by atoms with Crippen molar-refractivity contribution >= 4 is 40.9 Å². The van der Waals surface area contributed by atoms with Crippen LogP contribution in [0.4, 0.5) is 28.4 Å². The van der Waals surface area contributed by atoms with Crippen LogP contribution in [0.2, 0.25) is 0 Å². The van der Waals surface area contributed by atoms with Crippen molar-refractivity contribution in [2.45, 2.75) is 70.7 Å². The second-order valence-corrected chi connectivity index (χ2v) is 18.5. The van der Waals surface area contributed by atoms with Gasteiger partial charge in [0.05, 0.1) is 50.9 Å². The number of ether oxygens (including phenoxy) is 6. The van der Waals surface area contributed by atoms with E-state index in [1.54, 1.807) is 17.0 Å². The number of primary amides is 1. The van der Waals surface area contributed by atoms with Crippen LogP contribution in [0.15, 0.2) is 54.7 Å². The third-order valence-electron chi connectivity index (χ3n) is 13.0. The fraction of sp³-hybridized carbons (Fsp3) is 0.440. The molecule has 22 heteroatoms. The molecule has 19 nitrogen and oxygen atoms in total. The van der Waals surface area contributed by atoms with Gasteiger partial charge in [-0.25, -0.2) is 14.3 Å². The molecule has 0 spiro atoms. The molecule has 1 saturated heterocycles. The van der Waals surface area contributed by atoms with Crippen molar-refractivity contribution in [2.75, 3.05) is 73.0 Å². The van der Waals surface area contributed by atoms with Gasteiger partial charge in [-0.05, 0) is 85.5 Å². The summed E-state index contributed by atoms with van der Waals surface area (Å²) in [4.78, 5) is 69.1. The minimum Gasteiger partial charge on any atom is -0.493 e. The number of methoxy groups -OCH3 is 4. The number of rotatable bonds is 16. The average Bonchev–Trinajstić information content (AvgIpc) is 3.74. The summed E-state index contributed by atoms with van der Waals surface area (Å²) in [5.41, 5.74) is 10.9. The molecule has 3 amide bonds. The minimum absolute atomic E-state index is 0.0439. The second-order valence-electron chi connectivity index (χ2n) is 18.5. The van der Waals surface area contributed by atoms with Crippen molar-refractivity contribution in [3.63, 3.8) is 0 Å². The van der Waals surface area contributed by atoms with Gasteiger partial charge in [-0.15, -0.1) is 0 Å². The van der Waals surface area contributed by atoms with E-state index < -0.39 is 52.5 Å². The van der Waals surface area contributed by atoms with Crippen molar-refractivity contribution in [2.24, 2.45) is 16.9 Å². The molecule has 7 rings (SSSR count). The normalized spacial score (nSPS) is 18.1. The van der Waals surface area contributed by atoms with E-state index in [4.69, 9.17) is 39.9 Å². The molecule has 1 saturated carbocycles. The van der Waals surface area contributed by atoms with E-state index in [0.717, 1.165) is 10.9 Å². The van der Waals surface area contributed by atoms with E-state index in [9.17, 15) is 37.1 Å². The second kappa shape index (κ2) is 21.9. The maximum Gasteiger partial charge on any atom is 0.435 e. The maximum atomic E-state index is 14.1. The van der Waals surface area contributed by atoms with E-state index in [1.807, 2.05) is 13.8 Å². The van der Waals surface area contributed by atoms with E-state index in [0.29, 0.717) is 75.4 Å². The van der Waals surface area contributed by atoms with Crippen molar-refractivity contribution in [1.82, 2.24) is 24.9 Å². The lowest BCUT2D eigenvalue weighted by atomic mass is 9.75. The number of hydrogen-bond donors (Lipinski definition) is 4. The van der Waals surface area contributed by atoms with Gasteiger partial charge in [0.15, 0.2) is 40.3 Å². The first-order valence-electron chi connectivity index (χ1n) is 23.3. The van der Waals surface area contributed by atoms with Crippen LogP contribution in [-0.2, 0) is 17.3 Å². The van der Waals surface area contributed by atoms with E-state index in [2.05, 4.69) is 20.6 Å². The third-order valence-corrected chi connectivity index (χ3v) is 13.0. The minimum atomic E-state index is -4.85. The number of nitrogens with one attached hydrogen (secondary N) is 2. The summed E-state index contributed by atoms with van der Waals surface area (Å²) in [7, 11) is 5.76. The number of alkyl carbamates (subject to hydrolysis) is 1. The molecule has 0 unspecified atom stereocenters. The first kappa shape index (κ1) is 52.3. The quantitative estimate of drug-likeness (QED) is 0.0681. The number of hydrogen-bond acceptors (Lipinski definition) is 15. The van der Waals surface area contributed by atoms with Crippen LogP contribution < -0.4 is 45.8 Å². The van der Waals surface area contributed by atoms with E-state index >= 15 is 0 Å². The summed E-state index contributed by atoms with van der Waals surface area (Å²) in [5.74, 6) is -0.592. The zero-order valence-electron chi connectivity index (χ0n) is 40.9. The van der Waals surface area contributed by atoms with Gasteiger partial charge in [0.1, 0.15) is 6.10 Å². The highest BCUT2D eigenvalue weighted by Crippen LogP contribution is 2.43. The Balaban J connectivity index is 0.872. The SMILES string of the molecule is COc1ccc(C(=CN)C(=O)c2cc(OC)c(OC)c(OC)c2)cc1OC(=O)N1CCN(CCNC(=O)OC2CCC(Nc3cc(-n4nc(C(F)(F)F)c5c4CC(C)(C)CC5=O)ccc3C(N)=O)CC2)CC1. The Kier molecular flexibility index (Phi) is 15.9. The van der Waals surface area contributed by atoms with Crippen molar-refractivity contribution in [1.29, 1.82) is 0 Å². The van der Waals surface area contributed by atoms with Crippen molar-refractivity contribution < 1.29 is 65.6 Å². The van der Waals surface area contributed by atoms with Crippen LogP contribution >= 0.6 is 0 Å². The summed E-state index contributed by atoms with van der Waals surface area (Å²) >= 11 is 0. The number of fused-ring (bicyclic) bond motifs is 1. The van der Waals surface area contributed by atoms with Crippen LogP contribution in [0.1, 0.15) is 94.0 Å². The topological polar surface area (TPSA) is 241 Å². The molecule has 1 aliphatic heterocycles. The van der Waals surface area contributed by atoms with Crippen molar-refractivity contribution in [3.05, 3.63) is 88.4 Å². The van der Waals surface area contributed by atoms with Crippen LogP contribution in [-0.4, -0.2) is 129 Å². The zero-order chi connectivity index (χ0) is 52.1. The fourth-order valence-corrected chi connectivity index (χ4v) is 9.32. The number of amides is 3. The van der Waals surface area contributed by atoms with Gasteiger partial charge in [-0.3, -0.25) is 19.3 Å². The molecular weight excluding hydrogens is 946 g/mol. The Morgan fingerprint density at radius 1 is 0.833 bits per heavy atom. The molecule has 3 aromatic carbocycles. The standard InChI is InChI=1S/C50H59F3N8O11/c1-49(2)25-36-42(37(62)26-49)45(50(51,52)53)58-61(36)31-10-13-33(46(55)64)35(24-31)57-30-8-11-32(12-9-30)71-47(65)56-15-16-59-17-19-60(20-18-59)48(66)72-39-21-28(7-14-38(39)67-3)34(27-54)43(63)29-22-40(68-4)44(70-6)41(23-29)69-5/h7,10,13-14,21-24,27,30,32,57H,8-9,11-12,15-20,25-26,54H2,1-6H3,(H2,55,64)(H,56,65). The number of piperazine rings is 1. The van der Waals surface area contributed by atoms with Crippen LogP contribution in [0, 0.1) is 5.41 Å². The van der Waals surface area contributed by atoms with Gasteiger partial charge in [-0.2, -0.15) is 18.3 Å². The number of benzene rings is 3. The molecule has 0 bridgehead atoms. The molecule has 2 heterocycles. The molecule has 386 valence electrons. The molecular formula is C50H59F3N8O11. The number of nitrogens with two attached hydrogens (primary N) is 2. The van der Waals surface area contributed by atoms with E-state index in [-0.39, 0.29) is 82.6 Å². The number of ketones is 2. The first-order valence-corrected chi connectivity index (χ1v) is 23.3. The van der Waals surface area contributed by atoms with Gasteiger partial charge in [0.2, 0.25) is 5.75 Å². The van der Waals surface area contributed by atoms with Gasteiger partial charge in [-0.1, -0.05) is 19.9 Å². The molecule has 2 aliphatic carbocycles. The number of halogens is 3. The molecule has 0 radical (unpaired) electrons. The average molecular weight is 1010 g/mol. The highest BCUT2D eigenvalue weighted by atomic mass is 19.4. The number of alkyl halides is 3. The number of carbonyl (C=O) groups is 5. The predicted molar refractivity (Wildman–Crippen MR) is 257 cm³/mol. The van der Waals surface area contributed by atoms with Gasteiger partial charge >= 0.3 is 18.4 Å². The Morgan fingerprint density at radius 2 is 1.49 bits per heavy atom. The summed E-state index contributed by atoms with van der Waals surface area (Å²) in [6, 6.07) is 11.9. The summed E-state index contributed by atoms with van der Waals surface area (Å²) < 4.78 is 76.7. The van der Waals surface area contributed by atoms with Gasteiger partial charge < -0.3 is 55.4 Å². The first-order chi connectivity index (χ1) is 34.3. The summed E-state index contributed by atoms with van der Waals surface area (Å²) in [5, 5.41) is 10.0. The number of nitrogens with zero attached hydrogens (tertiary/aromatic N) is 4. The maximum absolute atomic E-state index is 14.1. The molecule has 72 heavy (non-hydrogen) atoms. The Labute approximate surface area is 413 Å². The Morgan fingerprint density at radius 3 is 2.08 bits per heavy atom. The molecule has 1 aromatic heterocycles. The number of carbonyl (C=O) groups excluding carboxylic acids is 5. The smallest absolute Gasteiger partial charge is 0.435 e. The number of aromatic nitrogens is 2. The number of anilines is 1. The predicted octanol–water partition coefficient (Wildman–Crippen LogP) is 6.63. The molecule has 4 aromatic rings. The van der Waals surface area contributed by atoms with Gasteiger partial charge in [0, 0.05) is 74.8 Å². The summed E-state index contributed by atoms with van der Waals surface area (Å²) in [6.45, 7) is 6.08. The van der Waals surface area contributed by atoms with Crippen molar-refractivity contribution in [3.8, 4) is 34.4 Å². The lowest BCUT2D eigenvalue weighted by Gasteiger charge is -2.34. The van der Waals surface area contributed by atoms with Crippen LogP contribution in [0.25, 0.3) is 11.3 Å². The lowest BCUT2D eigenvalue weighted by Crippen LogP contribution is -2.51. The summed E-state index contributed by atoms with van der Waals surface area (Å²) in [6.07, 6.45) is -3.02. The monoisotopic (exact) mass is 1000 g/mol. The largest absolute Gasteiger partial charge is 0.493 e. The molecule has 6 N–H and O–H groups in total. The highest BCUT2D eigenvalue weighted by molar-refractivity contribution is 6.29. The Hall–Kier alpha value is -7.49. The van der Waals surface area contributed by atoms with Crippen LogP contribution in [0.3, 0.4) is 0 Å². The third kappa shape index (κ3) is 11.6. The number of Topliss-reactive ketones (excluding diaryl/α,β-unsaturated/α-hetero) is 2. The lowest BCUT2D eigenvalue weighted by molar-refractivity contribution is -0.141. The van der Waals surface area contributed by atoms with Crippen LogP contribution in [0.5, 0.6) is 28.7 Å². The van der Waals surface area contributed by atoms with E-state index in [1.165, 1.54) is 64.8 Å². The molecule has 3 aliphatic rings. The van der Waals surface area contributed by atoms with Gasteiger partial charge in [0.25, 0.3) is 5.91 Å². The fourth-order valence-electron chi connectivity index (χ4n) is 9.32. The zero-order valence-corrected chi connectivity index (χ0v) is 40.9. The molecule has 2 fully saturated rings.